The highest BCUT2D eigenvalue weighted by atomic mass is 32.2. The zero-order valence-corrected chi connectivity index (χ0v) is 14.9. The fraction of sp³-hybridized carbons (Fsp3) is 0.375. The predicted molar refractivity (Wildman–Crippen MR) is 92.2 cm³/mol. The van der Waals surface area contributed by atoms with Crippen LogP contribution in [0.15, 0.2) is 46.3 Å². The molecule has 2 rings (SSSR count). The lowest BCUT2D eigenvalue weighted by Gasteiger charge is -2.15. The first-order valence-electron chi connectivity index (χ1n) is 7.58. The van der Waals surface area contributed by atoms with Gasteiger partial charge in [-0.3, -0.25) is 0 Å². The molecule has 7 nitrogen and oxygen atoms in total. The second kappa shape index (κ2) is 7.59. The molecule has 0 radical (unpaired) electrons. The average Bonchev–Trinajstić information content (AvgIpc) is 3.03. The smallest absolute Gasteiger partial charge is 0.245 e. The number of nitrogens with zero attached hydrogens (tertiary/aromatic N) is 3. The molecule has 2 aromatic rings. The second-order valence-electron chi connectivity index (χ2n) is 5.65. The van der Waals surface area contributed by atoms with Gasteiger partial charge in [0.25, 0.3) is 0 Å². The van der Waals surface area contributed by atoms with Crippen LogP contribution in [0.5, 0.6) is 0 Å². The van der Waals surface area contributed by atoms with Gasteiger partial charge in [-0.2, -0.15) is 9.29 Å². The molecule has 0 fully saturated rings. The largest absolute Gasteiger partial charge is 0.376 e. The standard InChI is InChI=1S/C16H22N4O3S/c1-5-10-20(4)24(21,22)14-8-6-13(7-9-14)17-11-15-18-16(12(2)3)19-23-15/h5-9,12,17H,1,10-11H2,2-4H3. The molecule has 1 aromatic carbocycles. The van der Waals surface area contributed by atoms with E-state index in [1.165, 1.54) is 11.4 Å². The summed E-state index contributed by atoms with van der Waals surface area (Å²) in [7, 11) is -1.98. The van der Waals surface area contributed by atoms with Crippen molar-refractivity contribution in [2.75, 3.05) is 18.9 Å². The molecule has 1 N–H and O–H groups in total. The summed E-state index contributed by atoms with van der Waals surface area (Å²) >= 11 is 0. The van der Waals surface area contributed by atoms with Gasteiger partial charge in [0.1, 0.15) is 0 Å². The third-order valence-electron chi connectivity index (χ3n) is 3.39. The van der Waals surface area contributed by atoms with Crippen molar-refractivity contribution >= 4 is 15.7 Å². The van der Waals surface area contributed by atoms with Crippen LogP contribution in [0, 0.1) is 0 Å². The van der Waals surface area contributed by atoms with E-state index < -0.39 is 10.0 Å². The first-order valence-corrected chi connectivity index (χ1v) is 9.02. The molecule has 0 atom stereocenters. The highest BCUT2D eigenvalue weighted by Gasteiger charge is 2.19. The minimum absolute atomic E-state index is 0.208. The van der Waals surface area contributed by atoms with Crippen LogP contribution in [0.2, 0.25) is 0 Å². The van der Waals surface area contributed by atoms with Gasteiger partial charge in [0.15, 0.2) is 5.82 Å². The van der Waals surface area contributed by atoms with Crippen molar-refractivity contribution in [2.24, 2.45) is 0 Å². The van der Waals surface area contributed by atoms with Crippen LogP contribution in [0.3, 0.4) is 0 Å². The van der Waals surface area contributed by atoms with Crippen molar-refractivity contribution in [2.45, 2.75) is 31.2 Å². The Morgan fingerprint density at radius 3 is 2.54 bits per heavy atom. The van der Waals surface area contributed by atoms with Crippen LogP contribution in [0.4, 0.5) is 5.69 Å². The molecule has 0 spiro atoms. The van der Waals surface area contributed by atoms with E-state index in [0.29, 0.717) is 18.3 Å². The molecule has 130 valence electrons. The van der Waals surface area contributed by atoms with Crippen LogP contribution in [0.1, 0.15) is 31.5 Å². The highest BCUT2D eigenvalue weighted by molar-refractivity contribution is 7.89. The molecule has 8 heteroatoms. The molecular weight excluding hydrogens is 328 g/mol. The SMILES string of the molecule is C=CCN(C)S(=O)(=O)c1ccc(NCc2nc(C(C)C)no2)cc1. The minimum Gasteiger partial charge on any atom is -0.376 e. The molecule has 0 unspecified atom stereocenters. The normalized spacial score (nSPS) is 11.9. The predicted octanol–water partition coefficient (Wildman–Crippen LogP) is 2.61. The summed E-state index contributed by atoms with van der Waals surface area (Å²) in [6.07, 6.45) is 1.54. The number of aromatic nitrogens is 2. The minimum atomic E-state index is -3.50. The van der Waals surface area contributed by atoms with Gasteiger partial charge in [0, 0.05) is 25.2 Å². The monoisotopic (exact) mass is 350 g/mol. The van der Waals surface area contributed by atoms with Gasteiger partial charge in [0.2, 0.25) is 15.9 Å². The summed E-state index contributed by atoms with van der Waals surface area (Å²) in [5.41, 5.74) is 0.768. The summed E-state index contributed by atoms with van der Waals surface area (Å²) in [5, 5.41) is 7.02. The topological polar surface area (TPSA) is 88.3 Å². The van der Waals surface area contributed by atoms with Gasteiger partial charge in [-0.25, -0.2) is 8.42 Å². The first-order chi connectivity index (χ1) is 11.3. The van der Waals surface area contributed by atoms with E-state index in [1.54, 1.807) is 30.3 Å². The van der Waals surface area contributed by atoms with E-state index >= 15 is 0 Å². The number of benzene rings is 1. The van der Waals surface area contributed by atoms with E-state index in [2.05, 4.69) is 22.0 Å². The van der Waals surface area contributed by atoms with Gasteiger partial charge in [-0.15, -0.1) is 6.58 Å². The molecule has 0 saturated heterocycles. The lowest BCUT2D eigenvalue weighted by molar-refractivity contribution is 0.376. The van der Waals surface area contributed by atoms with E-state index in [9.17, 15) is 8.42 Å². The van der Waals surface area contributed by atoms with Crippen LogP contribution < -0.4 is 5.32 Å². The summed E-state index contributed by atoms with van der Waals surface area (Å²) in [6, 6.07) is 6.53. The number of hydrogen-bond acceptors (Lipinski definition) is 6. The third-order valence-corrected chi connectivity index (χ3v) is 5.23. The van der Waals surface area contributed by atoms with E-state index in [4.69, 9.17) is 4.52 Å². The Balaban J connectivity index is 2.02. The quantitative estimate of drug-likeness (QED) is 0.736. The van der Waals surface area contributed by atoms with Crippen molar-refractivity contribution in [1.82, 2.24) is 14.4 Å². The summed E-state index contributed by atoms with van der Waals surface area (Å²) in [4.78, 5) is 4.51. The number of sulfonamides is 1. The van der Waals surface area contributed by atoms with Crippen molar-refractivity contribution < 1.29 is 12.9 Å². The summed E-state index contributed by atoms with van der Waals surface area (Å²) in [6.45, 7) is 8.17. The number of anilines is 1. The second-order valence-corrected chi connectivity index (χ2v) is 7.70. The third kappa shape index (κ3) is 4.21. The molecule has 0 aliphatic carbocycles. The Kier molecular flexibility index (Phi) is 5.74. The van der Waals surface area contributed by atoms with Gasteiger partial charge in [0.05, 0.1) is 11.4 Å². The van der Waals surface area contributed by atoms with Crippen LogP contribution in [-0.2, 0) is 16.6 Å². The van der Waals surface area contributed by atoms with Crippen LogP contribution >= 0.6 is 0 Å². The first kappa shape index (κ1) is 18.2. The fourth-order valence-electron chi connectivity index (χ4n) is 1.96. The van der Waals surface area contributed by atoms with E-state index in [0.717, 1.165) is 5.69 Å². The zero-order valence-electron chi connectivity index (χ0n) is 14.1. The van der Waals surface area contributed by atoms with Crippen LogP contribution in [-0.4, -0.2) is 36.5 Å². The Bertz CT molecular complexity index is 782. The molecule has 0 saturated carbocycles. The molecule has 1 heterocycles. The highest BCUT2D eigenvalue weighted by Crippen LogP contribution is 2.18. The van der Waals surface area contributed by atoms with E-state index in [-0.39, 0.29) is 17.4 Å². The fourth-order valence-corrected chi connectivity index (χ4v) is 3.10. The number of hydrogen-bond donors (Lipinski definition) is 1. The van der Waals surface area contributed by atoms with Crippen molar-refractivity contribution in [3.63, 3.8) is 0 Å². The van der Waals surface area contributed by atoms with Crippen molar-refractivity contribution in [3.8, 4) is 0 Å². The van der Waals surface area contributed by atoms with Crippen LogP contribution in [0.25, 0.3) is 0 Å². The van der Waals surface area contributed by atoms with Crippen molar-refractivity contribution in [3.05, 3.63) is 48.6 Å². The molecule has 24 heavy (non-hydrogen) atoms. The Labute approximate surface area is 142 Å². The van der Waals surface area contributed by atoms with Gasteiger partial charge in [-0.1, -0.05) is 25.1 Å². The molecule has 0 aliphatic rings. The Morgan fingerprint density at radius 2 is 2.00 bits per heavy atom. The zero-order chi connectivity index (χ0) is 17.7. The molecule has 0 bridgehead atoms. The lowest BCUT2D eigenvalue weighted by atomic mass is 10.2. The Morgan fingerprint density at radius 1 is 1.33 bits per heavy atom. The molecule has 0 aliphatic heterocycles. The lowest BCUT2D eigenvalue weighted by Crippen LogP contribution is -2.26. The van der Waals surface area contributed by atoms with Crippen molar-refractivity contribution in [1.29, 1.82) is 0 Å². The average molecular weight is 350 g/mol. The maximum absolute atomic E-state index is 12.3. The van der Waals surface area contributed by atoms with E-state index in [1.807, 2.05) is 13.8 Å². The number of nitrogens with one attached hydrogen (secondary N) is 1. The summed E-state index contributed by atoms with van der Waals surface area (Å²) in [5.74, 6) is 1.36. The maximum atomic E-state index is 12.3. The van der Waals surface area contributed by atoms with Gasteiger partial charge < -0.3 is 9.84 Å². The maximum Gasteiger partial charge on any atom is 0.245 e. The summed E-state index contributed by atoms with van der Waals surface area (Å²) < 4.78 is 31.0. The van der Waals surface area contributed by atoms with Gasteiger partial charge in [-0.05, 0) is 24.3 Å². The number of likely N-dealkylation sites (N-methyl/N-ethyl adjacent to an activating group) is 1. The number of rotatable bonds is 8. The van der Waals surface area contributed by atoms with Gasteiger partial charge >= 0.3 is 0 Å². The Hall–Kier alpha value is -2.19. The molecule has 1 aromatic heterocycles. The molecule has 0 amide bonds. The molecular formula is C16H22N4O3S.